The number of benzene rings is 2. The van der Waals surface area contributed by atoms with Crippen LogP contribution in [0, 0.1) is 0 Å². The molecule has 4 nitrogen and oxygen atoms in total. The number of hydrogen-bond donors (Lipinski definition) is 0. The Balaban J connectivity index is 1.88. The van der Waals surface area contributed by atoms with Crippen LogP contribution in [-0.4, -0.2) is 19.0 Å². The van der Waals surface area contributed by atoms with Crippen LogP contribution in [0.25, 0.3) is 6.08 Å². The molecular formula is C19H13BrClNO3. The lowest BCUT2D eigenvalue weighted by Crippen LogP contribution is -2.06. The minimum Gasteiger partial charge on any atom is -0.497 e. The molecule has 126 valence electrons. The van der Waals surface area contributed by atoms with Gasteiger partial charge in [0.15, 0.2) is 5.70 Å². The number of carbonyl (C=O) groups is 1. The lowest BCUT2D eigenvalue weighted by Gasteiger charge is -2.05. The van der Waals surface area contributed by atoms with E-state index in [0.29, 0.717) is 20.8 Å². The standard InChI is InChI=1S/C19H13BrClNO3/c1-24-14-7-8-15(16(20)11-14)18-22-17(19(23)25-18)10-13(21)9-12-5-3-2-4-6-12/h2-11H,1H3. The molecule has 6 heteroatoms. The zero-order chi connectivity index (χ0) is 17.8. The minimum absolute atomic E-state index is 0.148. The molecule has 0 saturated carbocycles. The lowest BCUT2D eigenvalue weighted by molar-refractivity contribution is -0.130. The Kier molecular flexibility index (Phi) is 5.36. The molecule has 0 spiro atoms. The Morgan fingerprint density at radius 1 is 1.24 bits per heavy atom. The fourth-order valence-corrected chi connectivity index (χ4v) is 2.96. The maximum Gasteiger partial charge on any atom is 0.363 e. The molecule has 1 aliphatic rings. The maximum atomic E-state index is 12.0. The van der Waals surface area contributed by atoms with Crippen molar-refractivity contribution < 1.29 is 14.3 Å². The summed E-state index contributed by atoms with van der Waals surface area (Å²) in [6.07, 6.45) is 3.24. The number of esters is 1. The molecule has 2 aromatic rings. The van der Waals surface area contributed by atoms with E-state index >= 15 is 0 Å². The molecule has 3 rings (SSSR count). The highest BCUT2D eigenvalue weighted by atomic mass is 79.9. The summed E-state index contributed by atoms with van der Waals surface area (Å²) in [6, 6.07) is 14.9. The van der Waals surface area contributed by atoms with Crippen molar-refractivity contribution in [1.29, 1.82) is 0 Å². The highest BCUT2D eigenvalue weighted by molar-refractivity contribution is 9.10. The molecule has 0 bridgehead atoms. The van der Waals surface area contributed by atoms with Gasteiger partial charge in [-0.25, -0.2) is 9.79 Å². The molecule has 0 N–H and O–H groups in total. The van der Waals surface area contributed by atoms with Crippen molar-refractivity contribution in [1.82, 2.24) is 0 Å². The van der Waals surface area contributed by atoms with E-state index < -0.39 is 5.97 Å². The summed E-state index contributed by atoms with van der Waals surface area (Å²) in [6.45, 7) is 0. The summed E-state index contributed by atoms with van der Waals surface area (Å²) in [5.74, 6) is 0.359. The zero-order valence-corrected chi connectivity index (χ0v) is 15.5. The number of rotatable bonds is 4. The number of hydrogen-bond acceptors (Lipinski definition) is 4. The van der Waals surface area contributed by atoms with Crippen LogP contribution in [0.15, 0.2) is 74.8 Å². The molecule has 25 heavy (non-hydrogen) atoms. The van der Waals surface area contributed by atoms with Gasteiger partial charge in [0.1, 0.15) is 5.75 Å². The minimum atomic E-state index is -0.544. The molecule has 0 fully saturated rings. The van der Waals surface area contributed by atoms with Gasteiger partial charge in [0.25, 0.3) is 0 Å². The molecule has 0 amide bonds. The fourth-order valence-electron chi connectivity index (χ4n) is 2.20. The number of allylic oxidation sites excluding steroid dienone is 2. The highest BCUT2D eigenvalue weighted by Gasteiger charge is 2.25. The van der Waals surface area contributed by atoms with Crippen molar-refractivity contribution in [2.45, 2.75) is 0 Å². The molecule has 2 aromatic carbocycles. The van der Waals surface area contributed by atoms with Crippen LogP contribution in [-0.2, 0) is 9.53 Å². The van der Waals surface area contributed by atoms with E-state index in [2.05, 4.69) is 20.9 Å². The number of nitrogens with zero attached hydrogens (tertiary/aromatic N) is 1. The summed E-state index contributed by atoms with van der Waals surface area (Å²) >= 11 is 9.63. The van der Waals surface area contributed by atoms with Gasteiger partial charge in [0.05, 0.1) is 12.7 Å². The SMILES string of the molecule is COc1ccc(C2=NC(=CC(Cl)=Cc3ccccc3)C(=O)O2)c(Br)c1. The van der Waals surface area contributed by atoms with E-state index in [1.54, 1.807) is 31.4 Å². The van der Waals surface area contributed by atoms with E-state index in [0.717, 1.165) is 5.56 Å². The van der Waals surface area contributed by atoms with E-state index in [4.69, 9.17) is 21.1 Å². The number of cyclic esters (lactones) is 1. The van der Waals surface area contributed by atoms with Gasteiger partial charge in [-0.3, -0.25) is 0 Å². The second-order valence-electron chi connectivity index (χ2n) is 5.12. The first-order valence-corrected chi connectivity index (χ1v) is 8.52. The zero-order valence-electron chi connectivity index (χ0n) is 13.2. The van der Waals surface area contributed by atoms with Gasteiger partial charge in [-0.2, -0.15) is 0 Å². The van der Waals surface area contributed by atoms with Gasteiger partial charge in [-0.05, 0) is 51.8 Å². The molecule has 1 heterocycles. The second kappa shape index (κ2) is 7.68. The largest absolute Gasteiger partial charge is 0.497 e. The number of ether oxygens (including phenoxy) is 2. The van der Waals surface area contributed by atoms with Crippen LogP contribution in [0.2, 0.25) is 0 Å². The highest BCUT2D eigenvalue weighted by Crippen LogP contribution is 2.27. The number of aliphatic imine (C=N–C) groups is 1. The molecule has 0 radical (unpaired) electrons. The van der Waals surface area contributed by atoms with Crippen LogP contribution < -0.4 is 4.74 Å². The van der Waals surface area contributed by atoms with E-state index in [1.807, 2.05) is 30.3 Å². The summed E-state index contributed by atoms with van der Waals surface area (Å²) in [7, 11) is 1.58. The Morgan fingerprint density at radius 3 is 2.68 bits per heavy atom. The smallest absolute Gasteiger partial charge is 0.363 e. The number of carbonyl (C=O) groups excluding carboxylic acids is 1. The molecule has 0 saturated heterocycles. The van der Waals surface area contributed by atoms with Gasteiger partial charge in [-0.15, -0.1) is 0 Å². The lowest BCUT2D eigenvalue weighted by atomic mass is 10.2. The average molecular weight is 419 g/mol. The fraction of sp³-hybridized carbons (Fsp3) is 0.0526. The molecule has 0 unspecified atom stereocenters. The van der Waals surface area contributed by atoms with Gasteiger partial charge < -0.3 is 9.47 Å². The van der Waals surface area contributed by atoms with Gasteiger partial charge >= 0.3 is 5.97 Å². The van der Waals surface area contributed by atoms with E-state index in [-0.39, 0.29) is 11.6 Å². The predicted octanol–water partition coefficient (Wildman–Crippen LogP) is 4.92. The summed E-state index contributed by atoms with van der Waals surface area (Å²) < 4.78 is 11.1. The summed E-state index contributed by atoms with van der Waals surface area (Å²) in [4.78, 5) is 16.3. The van der Waals surface area contributed by atoms with E-state index in [9.17, 15) is 4.79 Å². The van der Waals surface area contributed by atoms with Crippen molar-refractivity contribution >= 4 is 45.5 Å². The third-order valence-electron chi connectivity index (χ3n) is 3.41. The van der Waals surface area contributed by atoms with Crippen LogP contribution in [0.1, 0.15) is 11.1 Å². The summed E-state index contributed by atoms with van der Waals surface area (Å²) in [5, 5.41) is 0.386. The van der Waals surface area contributed by atoms with Crippen LogP contribution in [0.3, 0.4) is 0 Å². The molecule has 0 aromatic heterocycles. The first kappa shape index (κ1) is 17.5. The van der Waals surface area contributed by atoms with Crippen molar-refractivity contribution in [3.05, 3.63) is 80.9 Å². The van der Waals surface area contributed by atoms with Gasteiger partial charge in [-0.1, -0.05) is 41.9 Å². The topological polar surface area (TPSA) is 47.9 Å². The van der Waals surface area contributed by atoms with Crippen LogP contribution >= 0.6 is 27.5 Å². The Hall–Kier alpha value is -2.37. The molecule has 1 aliphatic heterocycles. The average Bonchev–Trinajstić information content (AvgIpc) is 2.95. The maximum absolute atomic E-state index is 12.0. The van der Waals surface area contributed by atoms with Crippen molar-refractivity contribution in [2.24, 2.45) is 4.99 Å². The number of methoxy groups -OCH3 is 1. The summed E-state index contributed by atoms with van der Waals surface area (Å²) in [5.41, 5.74) is 1.73. The third-order valence-corrected chi connectivity index (χ3v) is 4.28. The van der Waals surface area contributed by atoms with E-state index in [1.165, 1.54) is 6.08 Å². The molecular weight excluding hydrogens is 406 g/mol. The van der Waals surface area contributed by atoms with Crippen LogP contribution in [0.4, 0.5) is 0 Å². The van der Waals surface area contributed by atoms with Crippen LogP contribution in [0.5, 0.6) is 5.75 Å². The second-order valence-corrected chi connectivity index (χ2v) is 6.41. The normalized spacial score (nSPS) is 16.0. The first-order valence-electron chi connectivity index (χ1n) is 7.35. The van der Waals surface area contributed by atoms with Crippen molar-refractivity contribution in [2.75, 3.05) is 7.11 Å². The Labute approximate surface area is 158 Å². The number of halogens is 2. The van der Waals surface area contributed by atoms with Gasteiger partial charge in [0.2, 0.25) is 5.90 Å². The Morgan fingerprint density at radius 2 is 2.00 bits per heavy atom. The van der Waals surface area contributed by atoms with Crippen molar-refractivity contribution in [3.63, 3.8) is 0 Å². The van der Waals surface area contributed by atoms with Crippen molar-refractivity contribution in [3.8, 4) is 5.75 Å². The molecule has 0 atom stereocenters. The first-order chi connectivity index (χ1) is 12.1. The Bertz CT molecular complexity index is 904. The predicted molar refractivity (Wildman–Crippen MR) is 102 cm³/mol. The monoisotopic (exact) mass is 417 g/mol. The molecule has 0 aliphatic carbocycles. The third kappa shape index (κ3) is 4.18. The quantitative estimate of drug-likeness (QED) is 0.523. The van der Waals surface area contributed by atoms with Gasteiger partial charge in [0, 0.05) is 9.51 Å².